The lowest BCUT2D eigenvalue weighted by molar-refractivity contribution is -0.215. The normalized spacial score (nSPS) is 13.1. The zero-order valence-corrected chi connectivity index (χ0v) is 10.3. The van der Waals surface area contributed by atoms with E-state index in [1.165, 1.54) is 0 Å². The highest BCUT2D eigenvalue weighted by atomic mass is 19.4. The molecule has 0 aliphatic carbocycles. The van der Waals surface area contributed by atoms with E-state index in [9.17, 15) is 13.2 Å². The van der Waals surface area contributed by atoms with E-state index in [0.717, 1.165) is 6.92 Å². The molecule has 1 aromatic rings. The smallest absolute Gasteiger partial charge is 0.414 e. The first-order chi connectivity index (χ1) is 8.80. The Morgan fingerprint density at radius 3 is 2.32 bits per heavy atom. The minimum atomic E-state index is -4.36. The first-order valence-electron chi connectivity index (χ1n) is 5.56. The van der Waals surface area contributed by atoms with Gasteiger partial charge in [0.15, 0.2) is 6.10 Å². The Bertz CT molecular complexity index is 418. The molecule has 0 aliphatic rings. The largest absolute Gasteiger partial charge is 0.491 e. The van der Waals surface area contributed by atoms with E-state index in [4.69, 9.17) is 15.9 Å². The van der Waals surface area contributed by atoms with Crippen LogP contribution in [0.25, 0.3) is 0 Å². The first-order valence-corrected chi connectivity index (χ1v) is 5.56. The number of amidine groups is 1. The molecule has 0 aliphatic heterocycles. The fourth-order valence-electron chi connectivity index (χ4n) is 1.21. The van der Waals surface area contributed by atoms with Crippen molar-refractivity contribution < 1.29 is 22.6 Å². The number of nitrogens with one attached hydrogen (secondary N) is 1. The number of nitrogen functional groups attached to an aromatic ring is 1. The van der Waals surface area contributed by atoms with Crippen molar-refractivity contribution in [3.63, 3.8) is 0 Å². The Hall–Kier alpha value is -1.76. The topological polar surface area (TPSA) is 68.3 Å². The van der Waals surface area contributed by atoms with E-state index in [-0.39, 0.29) is 19.0 Å². The molecule has 0 bridgehead atoms. The molecule has 0 radical (unpaired) electrons. The Morgan fingerprint density at radius 1 is 1.26 bits per heavy atom. The highest BCUT2D eigenvalue weighted by molar-refractivity contribution is 5.94. The van der Waals surface area contributed by atoms with E-state index in [1.807, 2.05) is 0 Å². The Kier molecular flexibility index (Phi) is 5.17. The molecule has 0 spiro atoms. The number of nitrogens with two attached hydrogens (primary N) is 1. The minimum Gasteiger partial charge on any atom is -0.491 e. The Morgan fingerprint density at radius 2 is 1.84 bits per heavy atom. The molecule has 1 unspecified atom stereocenters. The van der Waals surface area contributed by atoms with Gasteiger partial charge >= 0.3 is 6.18 Å². The maximum absolute atomic E-state index is 12.1. The van der Waals surface area contributed by atoms with Crippen LogP contribution >= 0.6 is 0 Å². The first kappa shape index (κ1) is 15.3. The van der Waals surface area contributed by atoms with Gasteiger partial charge in [-0.25, -0.2) is 0 Å². The minimum absolute atomic E-state index is 0.0137. The monoisotopic (exact) mass is 276 g/mol. The van der Waals surface area contributed by atoms with Gasteiger partial charge in [0.05, 0.1) is 6.61 Å². The van der Waals surface area contributed by atoms with Crippen molar-refractivity contribution in [3.05, 3.63) is 29.8 Å². The van der Waals surface area contributed by atoms with E-state index < -0.39 is 12.3 Å². The van der Waals surface area contributed by atoms with Crippen molar-refractivity contribution >= 4 is 5.84 Å². The number of benzene rings is 1. The summed E-state index contributed by atoms with van der Waals surface area (Å²) in [6.45, 7) is 0.802. The van der Waals surface area contributed by atoms with Crippen LogP contribution in [-0.2, 0) is 4.74 Å². The lowest BCUT2D eigenvalue weighted by Gasteiger charge is -2.16. The molecule has 0 aromatic heterocycles. The maximum atomic E-state index is 12.1. The van der Waals surface area contributed by atoms with Crippen LogP contribution in [0.1, 0.15) is 12.5 Å². The van der Waals surface area contributed by atoms with Gasteiger partial charge in [-0.15, -0.1) is 0 Å². The highest BCUT2D eigenvalue weighted by Gasteiger charge is 2.36. The molecule has 7 heteroatoms. The summed E-state index contributed by atoms with van der Waals surface area (Å²) >= 11 is 0. The number of ether oxygens (including phenoxy) is 2. The molecule has 1 aromatic carbocycles. The van der Waals surface area contributed by atoms with Crippen LogP contribution in [0.3, 0.4) is 0 Å². The predicted octanol–water partition coefficient (Wildman–Crippen LogP) is 2.32. The predicted molar refractivity (Wildman–Crippen MR) is 64.4 cm³/mol. The van der Waals surface area contributed by atoms with Crippen molar-refractivity contribution in [1.29, 1.82) is 5.41 Å². The van der Waals surface area contributed by atoms with Crippen molar-refractivity contribution in [2.24, 2.45) is 5.73 Å². The molecular formula is C12H15F3N2O2. The van der Waals surface area contributed by atoms with Crippen molar-refractivity contribution in [1.82, 2.24) is 0 Å². The summed E-state index contributed by atoms with van der Waals surface area (Å²) in [6.07, 6.45) is -6.17. The zero-order chi connectivity index (χ0) is 14.5. The van der Waals surface area contributed by atoms with Gasteiger partial charge in [0.2, 0.25) is 0 Å². The lowest BCUT2D eigenvalue weighted by atomic mass is 10.2. The number of alkyl halides is 3. The average molecular weight is 276 g/mol. The second-order valence-corrected chi connectivity index (χ2v) is 3.84. The Balaban J connectivity index is 2.32. The second kappa shape index (κ2) is 6.42. The van der Waals surface area contributed by atoms with Crippen molar-refractivity contribution in [2.75, 3.05) is 13.2 Å². The van der Waals surface area contributed by atoms with Crippen LogP contribution in [0.15, 0.2) is 24.3 Å². The standard InChI is InChI=1S/C12H15F3N2O2/c1-8(12(13,14)15)18-6-7-19-10-4-2-9(3-5-10)11(16)17/h2-5,8H,6-7H2,1H3,(H3,16,17). The third-order valence-corrected chi connectivity index (χ3v) is 2.35. The van der Waals surface area contributed by atoms with Crippen LogP contribution in [0.5, 0.6) is 5.75 Å². The van der Waals surface area contributed by atoms with Gasteiger partial charge in [-0.05, 0) is 31.2 Å². The molecule has 1 atom stereocenters. The molecule has 0 amide bonds. The molecular weight excluding hydrogens is 261 g/mol. The molecule has 4 nitrogen and oxygen atoms in total. The summed E-state index contributed by atoms with van der Waals surface area (Å²) in [6, 6.07) is 6.36. The number of rotatable bonds is 6. The van der Waals surface area contributed by atoms with Gasteiger partial charge in [0, 0.05) is 5.56 Å². The summed E-state index contributed by atoms with van der Waals surface area (Å²) in [5.74, 6) is 0.419. The van der Waals surface area contributed by atoms with E-state index in [0.29, 0.717) is 11.3 Å². The highest BCUT2D eigenvalue weighted by Crippen LogP contribution is 2.22. The summed E-state index contributed by atoms with van der Waals surface area (Å²) in [7, 11) is 0. The fourth-order valence-corrected chi connectivity index (χ4v) is 1.21. The van der Waals surface area contributed by atoms with Crippen LogP contribution in [0.4, 0.5) is 13.2 Å². The molecule has 0 heterocycles. The molecule has 106 valence electrons. The lowest BCUT2D eigenvalue weighted by Crippen LogP contribution is -2.29. The summed E-state index contributed by atoms with van der Waals surface area (Å²) in [5.41, 5.74) is 5.83. The average Bonchev–Trinajstić information content (AvgIpc) is 2.33. The fraction of sp³-hybridized carbons (Fsp3) is 0.417. The molecule has 0 fully saturated rings. The molecule has 19 heavy (non-hydrogen) atoms. The number of hydrogen-bond acceptors (Lipinski definition) is 3. The molecule has 0 saturated carbocycles. The number of hydrogen-bond donors (Lipinski definition) is 2. The molecule has 3 N–H and O–H groups in total. The number of halogens is 3. The van der Waals surface area contributed by atoms with Gasteiger partial charge in [-0.2, -0.15) is 13.2 Å². The van der Waals surface area contributed by atoms with E-state index in [1.54, 1.807) is 24.3 Å². The summed E-state index contributed by atoms with van der Waals surface area (Å²) in [4.78, 5) is 0. The summed E-state index contributed by atoms with van der Waals surface area (Å²) < 4.78 is 46.2. The van der Waals surface area contributed by atoms with Gasteiger partial charge in [-0.1, -0.05) is 0 Å². The van der Waals surface area contributed by atoms with Gasteiger partial charge in [-0.3, -0.25) is 5.41 Å². The molecule has 1 rings (SSSR count). The van der Waals surface area contributed by atoms with E-state index >= 15 is 0 Å². The van der Waals surface area contributed by atoms with Crippen LogP contribution in [-0.4, -0.2) is 31.3 Å². The van der Waals surface area contributed by atoms with Crippen molar-refractivity contribution in [3.8, 4) is 5.75 Å². The SMILES string of the molecule is CC(OCCOc1ccc(C(=N)N)cc1)C(F)(F)F. The third-order valence-electron chi connectivity index (χ3n) is 2.35. The molecule has 0 saturated heterocycles. The van der Waals surface area contributed by atoms with Crippen LogP contribution < -0.4 is 10.5 Å². The maximum Gasteiger partial charge on any atom is 0.414 e. The third kappa shape index (κ3) is 5.17. The summed E-state index contributed by atoms with van der Waals surface area (Å²) in [5, 5.41) is 7.19. The second-order valence-electron chi connectivity index (χ2n) is 3.84. The van der Waals surface area contributed by atoms with Gasteiger partial charge in [0.1, 0.15) is 18.2 Å². The quantitative estimate of drug-likeness (QED) is 0.476. The van der Waals surface area contributed by atoms with E-state index in [2.05, 4.69) is 4.74 Å². The van der Waals surface area contributed by atoms with Gasteiger partial charge < -0.3 is 15.2 Å². The van der Waals surface area contributed by atoms with Gasteiger partial charge in [0.25, 0.3) is 0 Å². The van der Waals surface area contributed by atoms with Crippen LogP contribution in [0.2, 0.25) is 0 Å². The zero-order valence-electron chi connectivity index (χ0n) is 10.3. The Labute approximate surface area is 108 Å². The van der Waals surface area contributed by atoms with Crippen LogP contribution in [0, 0.1) is 5.41 Å². The van der Waals surface area contributed by atoms with Crippen molar-refractivity contribution in [2.45, 2.75) is 19.2 Å².